The largest absolute Gasteiger partial charge is 0.462 e. The zero-order valence-electron chi connectivity index (χ0n) is 11.2. The fourth-order valence-electron chi connectivity index (χ4n) is 5.31. The molecule has 3 rings (SSSR count). The summed E-state index contributed by atoms with van der Waals surface area (Å²) in [7, 11) is 0. The number of hydrogen-bond donors (Lipinski definition) is 0. The predicted octanol–water partition coefficient (Wildman–Crippen LogP) is 3.40. The SMILES string of the molecule is CC(=O)O[C@H]1[C@@H](C)[C@H]2CC[C@@]13CC[C@H](C)C[C@@H]23. The number of rotatable bonds is 1. The van der Waals surface area contributed by atoms with Gasteiger partial charge in [-0.3, -0.25) is 4.79 Å². The topological polar surface area (TPSA) is 26.3 Å². The molecule has 2 heteroatoms. The van der Waals surface area contributed by atoms with E-state index in [0.29, 0.717) is 11.3 Å². The molecule has 0 radical (unpaired) electrons. The van der Waals surface area contributed by atoms with Crippen LogP contribution in [0.15, 0.2) is 0 Å². The Morgan fingerprint density at radius 1 is 1.24 bits per heavy atom. The van der Waals surface area contributed by atoms with Crippen LogP contribution in [0.1, 0.15) is 52.9 Å². The third-order valence-electron chi connectivity index (χ3n) is 5.97. The molecule has 0 spiro atoms. The third kappa shape index (κ3) is 1.49. The molecule has 0 aromatic heterocycles. The fraction of sp³-hybridized carbons (Fsp3) is 0.933. The van der Waals surface area contributed by atoms with E-state index in [2.05, 4.69) is 13.8 Å². The molecule has 2 bridgehead atoms. The number of carbonyl (C=O) groups excluding carboxylic acids is 1. The Bertz CT molecular complexity index is 338. The predicted molar refractivity (Wildman–Crippen MR) is 66.4 cm³/mol. The van der Waals surface area contributed by atoms with E-state index in [0.717, 1.165) is 17.8 Å². The summed E-state index contributed by atoms with van der Waals surface area (Å²) in [6.07, 6.45) is 6.88. The van der Waals surface area contributed by atoms with Crippen molar-refractivity contribution in [1.82, 2.24) is 0 Å². The van der Waals surface area contributed by atoms with Gasteiger partial charge < -0.3 is 4.74 Å². The van der Waals surface area contributed by atoms with Crippen LogP contribution in [0.5, 0.6) is 0 Å². The number of ether oxygens (including phenoxy) is 1. The van der Waals surface area contributed by atoms with E-state index in [9.17, 15) is 4.79 Å². The highest BCUT2D eigenvalue weighted by Crippen LogP contribution is 2.67. The van der Waals surface area contributed by atoms with Gasteiger partial charge in [-0.15, -0.1) is 0 Å². The van der Waals surface area contributed by atoms with Gasteiger partial charge in [0.15, 0.2) is 0 Å². The minimum atomic E-state index is -0.0823. The first kappa shape index (κ1) is 11.6. The van der Waals surface area contributed by atoms with Crippen molar-refractivity contribution in [3.05, 3.63) is 0 Å². The van der Waals surface area contributed by atoms with Gasteiger partial charge in [0.05, 0.1) is 0 Å². The first-order valence-corrected chi connectivity index (χ1v) is 7.22. The van der Waals surface area contributed by atoms with Crippen LogP contribution in [0.25, 0.3) is 0 Å². The van der Waals surface area contributed by atoms with E-state index in [1.54, 1.807) is 6.92 Å². The maximum absolute atomic E-state index is 11.3. The summed E-state index contributed by atoms with van der Waals surface area (Å²) in [4.78, 5) is 11.3. The molecule has 0 aliphatic heterocycles. The maximum atomic E-state index is 11.3. The summed E-state index contributed by atoms with van der Waals surface area (Å²) in [5.41, 5.74) is 0.363. The average molecular weight is 236 g/mol. The molecule has 3 saturated carbocycles. The van der Waals surface area contributed by atoms with Gasteiger partial charge in [0, 0.05) is 12.3 Å². The first-order chi connectivity index (χ1) is 8.04. The molecule has 0 saturated heterocycles. The van der Waals surface area contributed by atoms with Crippen LogP contribution in [-0.2, 0) is 9.53 Å². The normalized spacial score (nSPS) is 52.3. The highest BCUT2D eigenvalue weighted by Gasteiger charge is 2.64. The van der Waals surface area contributed by atoms with Crippen molar-refractivity contribution in [2.45, 2.75) is 59.0 Å². The van der Waals surface area contributed by atoms with Gasteiger partial charge in [-0.25, -0.2) is 0 Å². The van der Waals surface area contributed by atoms with Crippen LogP contribution in [0.4, 0.5) is 0 Å². The Morgan fingerprint density at radius 2 is 1.94 bits per heavy atom. The van der Waals surface area contributed by atoms with Crippen molar-refractivity contribution >= 4 is 5.97 Å². The van der Waals surface area contributed by atoms with E-state index in [1.807, 2.05) is 0 Å². The van der Waals surface area contributed by atoms with Crippen LogP contribution in [0.3, 0.4) is 0 Å². The molecule has 3 aliphatic carbocycles. The first-order valence-electron chi connectivity index (χ1n) is 7.22. The van der Waals surface area contributed by atoms with Crippen LogP contribution >= 0.6 is 0 Å². The van der Waals surface area contributed by atoms with Crippen molar-refractivity contribution in [3.8, 4) is 0 Å². The van der Waals surface area contributed by atoms with Gasteiger partial charge in [0.2, 0.25) is 0 Å². The van der Waals surface area contributed by atoms with Crippen molar-refractivity contribution < 1.29 is 9.53 Å². The molecule has 2 nitrogen and oxygen atoms in total. The van der Waals surface area contributed by atoms with Crippen LogP contribution < -0.4 is 0 Å². The lowest BCUT2D eigenvalue weighted by Crippen LogP contribution is -2.42. The fourth-order valence-corrected chi connectivity index (χ4v) is 5.31. The second kappa shape index (κ2) is 3.73. The molecule has 3 fully saturated rings. The van der Waals surface area contributed by atoms with E-state index < -0.39 is 0 Å². The number of hydrogen-bond acceptors (Lipinski definition) is 2. The summed E-state index contributed by atoms with van der Waals surface area (Å²) in [6, 6.07) is 0. The molecular weight excluding hydrogens is 212 g/mol. The zero-order chi connectivity index (χ0) is 12.2. The molecule has 6 atom stereocenters. The molecular formula is C15H24O2. The third-order valence-corrected chi connectivity index (χ3v) is 5.97. The molecule has 0 heterocycles. The molecule has 0 N–H and O–H groups in total. The van der Waals surface area contributed by atoms with Crippen molar-refractivity contribution in [1.29, 1.82) is 0 Å². The Labute approximate surface area is 104 Å². The standard InChI is InChI=1S/C15H24O2/c1-9-4-6-15-7-5-12(13(15)8-9)10(2)14(15)17-11(3)16/h9-10,12-14H,4-8H2,1-3H3/t9-,10-,12+,13-,14-,15+/m0/s1. The van der Waals surface area contributed by atoms with Crippen LogP contribution in [0.2, 0.25) is 0 Å². The van der Waals surface area contributed by atoms with Crippen LogP contribution in [-0.4, -0.2) is 12.1 Å². The van der Waals surface area contributed by atoms with Gasteiger partial charge in [0.25, 0.3) is 0 Å². The molecule has 0 aromatic rings. The summed E-state index contributed by atoms with van der Waals surface area (Å²) in [5, 5.41) is 0. The lowest BCUT2D eigenvalue weighted by molar-refractivity contribution is -0.158. The number of esters is 1. The van der Waals surface area contributed by atoms with E-state index in [-0.39, 0.29) is 12.1 Å². The molecule has 0 unspecified atom stereocenters. The Hall–Kier alpha value is -0.530. The quantitative estimate of drug-likeness (QED) is 0.652. The van der Waals surface area contributed by atoms with E-state index in [1.165, 1.54) is 32.1 Å². The Kier molecular flexibility index (Phi) is 2.53. The smallest absolute Gasteiger partial charge is 0.302 e. The highest BCUT2D eigenvalue weighted by molar-refractivity contribution is 5.66. The molecule has 3 aliphatic rings. The van der Waals surface area contributed by atoms with Crippen molar-refractivity contribution in [3.63, 3.8) is 0 Å². The van der Waals surface area contributed by atoms with Gasteiger partial charge in [0.1, 0.15) is 6.10 Å². The second-order valence-electron chi connectivity index (χ2n) is 6.81. The van der Waals surface area contributed by atoms with E-state index in [4.69, 9.17) is 4.74 Å². The second-order valence-corrected chi connectivity index (χ2v) is 6.81. The van der Waals surface area contributed by atoms with Gasteiger partial charge in [-0.2, -0.15) is 0 Å². The van der Waals surface area contributed by atoms with Crippen molar-refractivity contribution in [2.24, 2.45) is 29.1 Å². The van der Waals surface area contributed by atoms with E-state index >= 15 is 0 Å². The summed E-state index contributed by atoms with van der Waals surface area (Å²) >= 11 is 0. The minimum Gasteiger partial charge on any atom is -0.462 e. The summed E-state index contributed by atoms with van der Waals surface area (Å²) < 4.78 is 5.71. The van der Waals surface area contributed by atoms with Crippen LogP contribution in [0, 0.1) is 29.1 Å². The number of carbonyl (C=O) groups is 1. The maximum Gasteiger partial charge on any atom is 0.302 e. The molecule has 0 aromatic carbocycles. The summed E-state index contributed by atoms with van der Waals surface area (Å²) in [5.74, 6) is 3.04. The lowest BCUT2D eigenvalue weighted by atomic mass is 9.65. The molecule has 96 valence electrons. The zero-order valence-corrected chi connectivity index (χ0v) is 11.2. The Balaban J connectivity index is 1.90. The lowest BCUT2D eigenvalue weighted by Gasteiger charge is -2.43. The monoisotopic (exact) mass is 236 g/mol. The van der Waals surface area contributed by atoms with Crippen molar-refractivity contribution in [2.75, 3.05) is 0 Å². The molecule has 0 amide bonds. The summed E-state index contributed by atoms with van der Waals surface area (Å²) in [6.45, 7) is 6.26. The van der Waals surface area contributed by atoms with Gasteiger partial charge in [-0.1, -0.05) is 20.3 Å². The van der Waals surface area contributed by atoms with Gasteiger partial charge in [-0.05, 0) is 49.4 Å². The highest BCUT2D eigenvalue weighted by atomic mass is 16.5. The molecule has 17 heavy (non-hydrogen) atoms. The Morgan fingerprint density at radius 3 is 2.65 bits per heavy atom. The van der Waals surface area contributed by atoms with Gasteiger partial charge >= 0.3 is 5.97 Å². The minimum absolute atomic E-state index is 0.0823. The average Bonchev–Trinajstić information content (AvgIpc) is 2.72.